The summed E-state index contributed by atoms with van der Waals surface area (Å²) in [6.07, 6.45) is 0. The van der Waals surface area contributed by atoms with Gasteiger partial charge in [0.2, 0.25) is 0 Å². The summed E-state index contributed by atoms with van der Waals surface area (Å²) in [6, 6.07) is 55.3. The Labute approximate surface area is 319 Å². The zero-order chi connectivity index (χ0) is 37.5. The minimum atomic E-state index is 0.529. The monoisotopic (exact) mass is 704 g/mol. The summed E-state index contributed by atoms with van der Waals surface area (Å²) in [5, 5.41) is 12.1. The van der Waals surface area contributed by atoms with Gasteiger partial charge in [-0.1, -0.05) is 120 Å². The average molecular weight is 705 g/mol. The highest BCUT2D eigenvalue weighted by molar-refractivity contribution is 6.11. The number of hydrogen-bond acceptors (Lipinski definition) is 4. The lowest BCUT2D eigenvalue weighted by atomic mass is 9.92. The third-order valence-electron chi connectivity index (χ3n) is 10.00. The van der Waals surface area contributed by atoms with E-state index in [2.05, 4.69) is 77.9 Å². The van der Waals surface area contributed by atoms with Crippen LogP contribution in [0.2, 0.25) is 0 Å². The van der Waals surface area contributed by atoms with Gasteiger partial charge in [-0.05, 0) is 73.5 Å². The lowest BCUT2D eigenvalue weighted by Crippen LogP contribution is -2.04. The fourth-order valence-electron chi connectivity index (χ4n) is 7.31. The Kier molecular flexibility index (Phi) is 8.27. The van der Waals surface area contributed by atoms with Crippen LogP contribution in [0.15, 0.2) is 158 Å². The lowest BCUT2D eigenvalue weighted by Gasteiger charge is -2.21. The molecular formula is C49H32N6. The van der Waals surface area contributed by atoms with Crippen LogP contribution in [0.5, 0.6) is 0 Å². The van der Waals surface area contributed by atoms with Crippen molar-refractivity contribution in [2.75, 3.05) is 0 Å². The van der Waals surface area contributed by atoms with E-state index in [-0.39, 0.29) is 0 Å². The molecule has 0 atom stereocenters. The molecule has 9 aromatic rings. The topological polar surface area (TPSA) is 71.8 Å². The Balaban J connectivity index is 1.42. The molecule has 0 N–H and O–H groups in total. The fourth-order valence-corrected chi connectivity index (χ4v) is 7.31. The van der Waals surface area contributed by atoms with E-state index >= 15 is 0 Å². The molecule has 6 heteroatoms. The Hall–Kier alpha value is -7.67. The summed E-state index contributed by atoms with van der Waals surface area (Å²) < 4.78 is 2.36. The summed E-state index contributed by atoms with van der Waals surface area (Å²) in [5.74, 6) is 1.68. The first-order valence-electron chi connectivity index (χ1n) is 18.0. The summed E-state index contributed by atoms with van der Waals surface area (Å²) >= 11 is 0. The number of fused-ring (bicyclic) bond motifs is 3. The number of nitriles is 1. The first-order valence-corrected chi connectivity index (χ1v) is 18.0. The third kappa shape index (κ3) is 6.08. The number of aromatic nitrogens is 4. The summed E-state index contributed by atoms with van der Waals surface area (Å²) in [5.41, 5.74) is 13.0. The van der Waals surface area contributed by atoms with E-state index in [0.29, 0.717) is 28.7 Å². The van der Waals surface area contributed by atoms with Gasteiger partial charge in [0.05, 0.1) is 34.9 Å². The molecule has 7 aromatic carbocycles. The molecule has 0 radical (unpaired) electrons. The van der Waals surface area contributed by atoms with Crippen LogP contribution >= 0.6 is 0 Å². The zero-order valence-electron chi connectivity index (χ0n) is 30.2. The Bertz CT molecular complexity index is 2790. The van der Waals surface area contributed by atoms with Crippen molar-refractivity contribution in [3.05, 3.63) is 186 Å². The molecule has 2 heterocycles. The first kappa shape index (κ1) is 33.2. The van der Waals surface area contributed by atoms with Crippen LogP contribution in [0.4, 0.5) is 5.69 Å². The van der Waals surface area contributed by atoms with Crippen LogP contribution < -0.4 is 0 Å². The first-order chi connectivity index (χ1) is 27.0. The van der Waals surface area contributed by atoms with Crippen LogP contribution in [0.3, 0.4) is 0 Å². The number of nitrogens with zero attached hydrogens (tertiary/aromatic N) is 6. The Morgan fingerprint density at radius 1 is 0.509 bits per heavy atom. The SMILES string of the molecule is [C-]#[N+]c1ccc(-c2cc(-c3nc(-c4ccccc4)nc(-c4ccccc4)n3)cc(-c3ccc(C#N)cc3)c2-n2c3ccc(C)cc3c3cc(C)ccc32)cc1. The van der Waals surface area contributed by atoms with Crippen LogP contribution in [-0.2, 0) is 0 Å². The van der Waals surface area contributed by atoms with E-state index < -0.39 is 0 Å². The lowest BCUT2D eigenvalue weighted by molar-refractivity contribution is 1.07. The second-order valence-corrected chi connectivity index (χ2v) is 13.7. The van der Waals surface area contributed by atoms with Crippen LogP contribution in [0.1, 0.15) is 16.7 Å². The predicted molar refractivity (Wildman–Crippen MR) is 222 cm³/mol. The van der Waals surface area contributed by atoms with Crippen molar-refractivity contribution in [3.63, 3.8) is 0 Å². The molecule has 0 saturated heterocycles. The maximum absolute atomic E-state index is 9.76. The maximum atomic E-state index is 9.76. The molecule has 0 amide bonds. The van der Waals surface area contributed by atoms with Crippen molar-refractivity contribution in [2.24, 2.45) is 0 Å². The van der Waals surface area contributed by atoms with Gasteiger partial charge in [0.15, 0.2) is 23.2 Å². The molecule has 0 aliphatic rings. The van der Waals surface area contributed by atoms with Crippen LogP contribution in [0.25, 0.3) is 88.8 Å². The number of benzene rings is 7. The van der Waals surface area contributed by atoms with Crippen LogP contribution in [-0.4, -0.2) is 19.5 Å². The van der Waals surface area contributed by atoms with E-state index in [1.807, 2.05) is 109 Å². The minimum Gasteiger partial charge on any atom is -0.308 e. The van der Waals surface area contributed by atoms with Gasteiger partial charge < -0.3 is 4.57 Å². The Morgan fingerprint density at radius 2 is 0.964 bits per heavy atom. The van der Waals surface area contributed by atoms with E-state index in [1.54, 1.807) is 0 Å². The molecule has 0 fully saturated rings. The predicted octanol–water partition coefficient (Wildman–Crippen LogP) is 12.3. The average Bonchev–Trinajstić information content (AvgIpc) is 3.55. The Morgan fingerprint density at radius 3 is 1.42 bits per heavy atom. The van der Waals surface area contributed by atoms with Crippen molar-refractivity contribution in [1.29, 1.82) is 5.26 Å². The van der Waals surface area contributed by atoms with E-state index in [9.17, 15) is 5.26 Å². The molecule has 0 bridgehead atoms. The van der Waals surface area contributed by atoms with Gasteiger partial charge in [0, 0.05) is 38.6 Å². The van der Waals surface area contributed by atoms with E-state index in [4.69, 9.17) is 21.5 Å². The summed E-state index contributed by atoms with van der Waals surface area (Å²) in [4.78, 5) is 18.9. The standard InChI is InChI=1S/C49H32N6/c1-31-14-24-44-42(26-31)43-27-32(2)15-25-45(43)55(44)46-40(34-18-16-33(30-50)17-19-34)28-38(29-41(46)35-20-22-39(51-3)23-21-35)49-53-47(36-10-6-4-7-11-36)52-48(54-49)37-12-8-5-9-13-37/h4-29H,1-2H3. The highest BCUT2D eigenvalue weighted by Crippen LogP contribution is 2.44. The zero-order valence-corrected chi connectivity index (χ0v) is 30.2. The second kappa shape index (κ2) is 13.7. The van der Waals surface area contributed by atoms with E-state index in [1.165, 1.54) is 21.9 Å². The fraction of sp³-hybridized carbons (Fsp3) is 0.0408. The second-order valence-electron chi connectivity index (χ2n) is 13.7. The molecule has 0 aliphatic carbocycles. The van der Waals surface area contributed by atoms with Gasteiger partial charge in [0.25, 0.3) is 0 Å². The summed E-state index contributed by atoms with van der Waals surface area (Å²) in [7, 11) is 0. The molecule has 0 saturated carbocycles. The molecule has 9 rings (SSSR count). The molecule has 0 aliphatic heterocycles. The quantitative estimate of drug-likeness (QED) is 0.162. The molecule has 6 nitrogen and oxygen atoms in total. The van der Waals surface area contributed by atoms with Gasteiger partial charge in [-0.2, -0.15) is 5.26 Å². The van der Waals surface area contributed by atoms with Gasteiger partial charge in [0.1, 0.15) is 0 Å². The minimum absolute atomic E-state index is 0.529. The highest BCUT2D eigenvalue weighted by atomic mass is 15.0. The van der Waals surface area contributed by atoms with Crippen molar-refractivity contribution < 1.29 is 0 Å². The van der Waals surface area contributed by atoms with Crippen molar-refractivity contribution in [1.82, 2.24) is 19.5 Å². The largest absolute Gasteiger partial charge is 0.308 e. The van der Waals surface area contributed by atoms with Crippen LogP contribution in [0, 0.1) is 31.8 Å². The highest BCUT2D eigenvalue weighted by Gasteiger charge is 2.23. The number of rotatable bonds is 6. The molecule has 2 aromatic heterocycles. The molecule has 0 unspecified atom stereocenters. The van der Waals surface area contributed by atoms with Gasteiger partial charge >= 0.3 is 0 Å². The van der Waals surface area contributed by atoms with Gasteiger partial charge in [-0.15, -0.1) is 0 Å². The van der Waals surface area contributed by atoms with Crippen molar-refractivity contribution >= 4 is 27.5 Å². The molecule has 258 valence electrons. The summed E-state index contributed by atoms with van der Waals surface area (Å²) in [6.45, 7) is 11.9. The molecule has 55 heavy (non-hydrogen) atoms. The smallest absolute Gasteiger partial charge is 0.187 e. The van der Waals surface area contributed by atoms with Gasteiger partial charge in [-0.3, -0.25) is 0 Å². The van der Waals surface area contributed by atoms with Crippen molar-refractivity contribution in [2.45, 2.75) is 13.8 Å². The van der Waals surface area contributed by atoms with Gasteiger partial charge in [-0.25, -0.2) is 19.8 Å². The normalized spacial score (nSPS) is 11.1. The number of aryl methyl sites for hydroxylation is 2. The molecular weight excluding hydrogens is 673 g/mol. The third-order valence-corrected chi connectivity index (χ3v) is 10.00. The maximum Gasteiger partial charge on any atom is 0.187 e. The van der Waals surface area contributed by atoms with E-state index in [0.717, 1.165) is 55.7 Å². The molecule has 0 spiro atoms. The van der Waals surface area contributed by atoms with Crippen molar-refractivity contribution in [3.8, 4) is 68.2 Å². The number of hydrogen-bond donors (Lipinski definition) is 0.